The molecule has 2 aliphatic heterocycles. The van der Waals surface area contributed by atoms with E-state index in [1.165, 1.54) is 70.8 Å². The minimum atomic E-state index is 0.762. The Labute approximate surface area is 136 Å². The summed E-state index contributed by atoms with van der Waals surface area (Å²) in [6.45, 7) is 12.6. The number of aliphatic imine (C=N–C) groups is 1. The largest absolute Gasteiger partial charge is 0.357 e. The summed E-state index contributed by atoms with van der Waals surface area (Å²) in [6.07, 6.45) is 7.08. The first-order valence-electron chi connectivity index (χ1n) is 9.55. The van der Waals surface area contributed by atoms with Crippen LogP contribution in [0.4, 0.5) is 0 Å². The summed E-state index contributed by atoms with van der Waals surface area (Å²) in [5.74, 6) is 3.81. The van der Waals surface area contributed by atoms with Crippen LogP contribution in [0.3, 0.4) is 0 Å². The Morgan fingerprint density at radius 3 is 2.36 bits per heavy atom. The fourth-order valence-electron chi connectivity index (χ4n) is 4.57. The quantitative estimate of drug-likeness (QED) is 0.639. The van der Waals surface area contributed by atoms with Crippen molar-refractivity contribution in [1.82, 2.24) is 15.1 Å². The molecule has 3 rings (SSSR count). The van der Waals surface area contributed by atoms with Crippen molar-refractivity contribution in [3.05, 3.63) is 0 Å². The molecule has 3 fully saturated rings. The molecule has 0 aromatic heterocycles. The van der Waals surface area contributed by atoms with Gasteiger partial charge < -0.3 is 15.1 Å². The molecule has 0 aromatic carbocycles. The molecule has 2 heterocycles. The molecule has 22 heavy (non-hydrogen) atoms. The summed E-state index contributed by atoms with van der Waals surface area (Å²) in [5, 5.41) is 3.55. The van der Waals surface area contributed by atoms with Crippen LogP contribution in [0.25, 0.3) is 0 Å². The van der Waals surface area contributed by atoms with Crippen LogP contribution >= 0.6 is 0 Å². The van der Waals surface area contributed by atoms with Crippen molar-refractivity contribution >= 4 is 5.96 Å². The van der Waals surface area contributed by atoms with Gasteiger partial charge in [0.25, 0.3) is 0 Å². The first kappa shape index (κ1) is 16.1. The number of nitrogens with zero attached hydrogens (tertiary/aromatic N) is 3. The molecule has 0 bridgehead atoms. The third kappa shape index (κ3) is 3.76. The SMILES string of the molecule is CCNC(=NCC1CCN(CC)C1)N1CC2CCCCC2C1. The fourth-order valence-corrected chi connectivity index (χ4v) is 4.57. The summed E-state index contributed by atoms with van der Waals surface area (Å²) in [5.41, 5.74) is 0. The molecule has 0 amide bonds. The molecule has 4 nitrogen and oxygen atoms in total. The third-order valence-corrected chi connectivity index (χ3v) is 5.93. The highest BCUT2D eigenvalue weighted by Gasteiger charge is 2.35. The van der Waals surface area contributed by atoms with Gasteiger partial charge in [0.15, 0.2) is 5.96 Å². The highest BCUT2D eigenvalue weighted by atomic mass is 15.3. The van der Waals surface area contributed by atoms with Crippen LogP contribution in [0.1, 0.15) is 46.0 Å². The number of hydrogen-bond donors (Lipinski definition) is 1. The standard InChI is InChI=1S/C18H34N4/c1-3-19-18(20-11-15-9-10-21(4-2)12-15)22-13-16-7-5-6-8-17(16)14-22/h15-17H,3-14H2,1-2H3,(H,19,20). The Hall–Kier alpha value is -0.770. The Balaban J connectivity index is 1.56. The minimum absolute atomic E-state index is 0.762. The molecular formula is C18H34N4. The zero-order valence-corrected chi connectivity index (χ0v) is 14.6. The van der Waals surface area contributed by atoms with E-state index in [1.807, 2.05) is 0 Å². The van der Waals surface area contributed by atoms with E-state index in [1.54, 1.807) is 0 Å². The van der Waals surface area contributed by atoms with Gasteiger partial charge in [-0.05, 0) is 57.0 Å². The van der Waals surface area contributed by atoms with Crippen LogP contribution in [0, 0.1) is 17.8 Å². The van der Waals surface area contributed by atoms with Crippen LogP contribution in [-0.4, -0.2) is 61.6 Å². The van der Waals surface area contributed by atoms with Crippen LogP contribution in [-0.2, 0) is 0 Å². The Morgan fingerprint density at radius 2 is 1.77 bits per heavy atom. The highest BCUT2D eigenvalue weighted by Crippen LogP contribution is 2.36. The van der Waals surface area contributed by atoms with Crippen LogP contribution in [0.5, 0.6) is 0 Å². The molecule has 4 heteroatoms. The van der Waals surface area contributed by atoms with E-state index in [0.717, 1.165) is 30.8 Å². The molecule has 2 saturated heterocycles. The second-order valence-corrected chi connectivity index (χ2v) is 7.45. The molecule has 126 valence electrons. The van der Waals surface area contributed by atoms with Gasteiger partial charge in [-0.25, -0.2) is 0 Å². The Bertz CT molecular complexity index is 367. The molecule has 3 atom stereocenters. The van der Waals surface area contributed by atoms with E-state index in [0.29, 0.717) is 0 Å². The lowest BCUT2D eigenvalue weighted by molar-refractivity contribution is 0.299. The normalized spacial score (nSPS) is 33.3. The predicted octanol–water partition coefficient (Wildman–Crippen LogP) is 2.42. The first-order valence-corrected chi connectivity index (χ1v) is 9.55. The molecule has 0 aromatic rings. The molecule has 0 spiro atoms. The van der Waals surface area contributed by atoms with Gasteiger partial charge in [-0.2, -0.15) is 0 Å². The molecule has 1 aliphatic carbocycles. The lowest BCUT2D eigenvalue weighted by Gasteiger charge is -2.22. The molecule has 1 saturated carbocycles. The number of likely N-dealkylation sites (tertiary alicyclic amines) is 2. The van der Waals surface area contributed by atoms with Crippen LogP contribution in [0.15, 0.2) is 4.99 Å². The summed E-state index contributed by atoms with van der Waals surface area (Å²) in [4.78, 5) is 10.1. The second kappa shape index (κ2) is 7.67. The molecule has 1 N–H and O–H groups in total. The summed E-state index contributed by atoms with van der Waals surface area (Å²) in [6, 6.07) is 0. The van der Waals surface area contributed by atoms with Crippen LogP contribution in [0.2, 0.25) is 0 Å². The number of fused-ring (bicyclic) bond motifs is 1. The van der Waals surface area contributed by atoms with Gasteiger partial charge in [-0.3, -0.25) is 4.99 Å². The number of guanidine groups is 1. The van der Waals surface area contributed by atoms with Gasteiger partial charge in [-0.15, -0.1) is 0 Å². The van der Waals surface area contributed by atoms with Crippen LogP contribution < -0.4 is 5.32 Å². The van der Waals surface area contributed by atoms with Crippen molar-refractivity contribution in [1.29, 1.82) is 0 Å². The van der Waals surface area contributed by atoms with Gasteiger partial charge in [0, 0.05) is 32.7 Å². The van der Waals surface area contributed by atoms with Gasteiger partial charge in [0.05, 0.1) is 0 Å². The monoisotopic (exact) mass is 306 g/mol. The highest BCUT2D eigenvalue weighted by molar-refractivity contribution is 5.80. The lowest BCUT2D eigenvalue weighted by Crippen LogP contribution is -2.40. The van der Waals surface area contributed by atoms with Crippen molar-refractivity contribution in [2.45, 2.75) is 46.0 Å². The molecular weight excluding hydrogens is 272 g/mol. The maximum atomic E-state index is 5.01. The predicted molar refractivity (Wildman–Crippen MR) is 93.2 cm³/mol. The van der Waals surface area contributed by atoms with Crippen molar-refractivity contribution in [3.8, 4) is 0 Å². The van der Waals surface area contributed by atoms with Crippen molar-refractivity contribution in [2.75, 3.05) is 45.8 Å². The zero-order chi connectivity index (χ0) is 15.4. The van der Waals surface area contributed by atoms with Gasteiger partial charge >= 0.3 is 0 Å². The van der Waals surface area contributed by atoms with Crippen molar-refractivity contribution in [2.24, 2.45) is 22.7 Å². The summed E-state index contributed by atoms with van der Waals surface area (Å²) in [7, 11) is 0. The smallest absolute Gasteiger partial charge is 0.193 e. The molecule has 3 aliphatic rings. The fraction of sp³-hybridized carbons (Fsp3) is 0.944. The number of nitrogens with one attached hydrogen (secondary N) is 1. The zero-order valence-electron chi connectivity index (χ0n) is 14.6. The van der Waals surface area contributed by atoms with E-state index in [4.69, 9.17) is 4.99 Å². The van der Waals surface area contributed by atoms with Crippen molar-refractivity contribution in [3.63, 3.8) is 0 Å². The minimum Gasteiger partial charge on any atom is -0.357 e. The first-order chi connectivity index (χ1) is 10.8. The maximum absolute atomic E-state index is 5.01. The van der Waals surface area contributed by atoms with Gasteiger partial charge in [-0.1, -0.05) is 19.8 Å². The van der Waals surface area contributed by atoms with E-state index < -0.39 is 0 Å². The van der Waals surface area contributed by atoms with Gasteiger partial charge in [0.2, 0.25) is 0 Å². The lowest BCUT2D eigenvalue weighted by atomic mass is 9.82. The third-order valence-electron chi connectivity index (χ3n) is 5.93. The van der Waals surface area contributed by atoms with E-state index in [-0.39, 0.29) is 0 Å². The van der Waals surface area contributed by atoms with E-state index in [2.05, 4.69) is 29.0 Å². The average molecular weight is 306 g/mol. The second-order valence-electron chi connectivity index (χ2n) is 7.45. The summed E-state index contributed by atoms with van der Waals surface area (Å²) < 4.78 is 0. The van der Waals surface area contributed by atoms with Gasteiger partial charge in [0.1, 0.15) is 0 Å². The topological polar surface area (TPSA) is 30.9 Å². The number of hydrogen-bond acceptors (Lipinski definition) is 2. The Morgan fingerprint density at radius 1 is 1.05 bits per heavy atom. The Kier molecular flexibility index (Phi) is 5.61. The van der Waals surface area contributed by atoms with E-state index in [9.17, 15) is 0 Å². The molecule has 3 unspecified atom stereocenters. The van der Waals surface area contributed by atoms with E-state index >= 15 is 0 Å². The summed E-state index contributed by atoms with van der Waals surface area (Å²) >= 11 is 0. The molecule has 0 radical (unpaired) electrons. The average Bonchev–Trinajstić information content (AvgIpc) is 3.17. The van der Waals surface area contributed by atoms with Crippen molar-refractivity contribution < 1.29 is 0 Å². The number of rotatable bonds is 4. The maximum Gasteiger partial charge on any atom is 0.193 e.